The maximum Gasteiger partial charge on any atom is 0.287 e. The molecule has 0 aromatic carbocycles. The Morgan fingerprint density at radius 3 is 2.75 bits per heavy atom. The van der Waals surface area contributed by atoms with Crippen molar-refractivity contribution in [3.05, 3.63) is 23.7 Å². The second kappa shape index (κ2) is 4.29. The Bertz CT molecular complexity index is 377. The van der Waals surface area contributed by atoms with Crippen LogP contribution in [0.2, 0.25) is 0 Å². The second-order valence-electron chi connectivity index (χ2n) is 4.52. The van der Waals surface area contributed by atoms with Crippen molar-refractivity contribution in [2.75, 3.05) is 6.54 Å². The summed E-state index contributed by atoms with van der Waals surface area (Å²) in [5.74, 6) is 0.761. The first-order valence-electron chi connectivity index (χ1n) is 5.66. The van der Waals surface area contributed by atoms with E-state index in [-0.39, 0.29) is 5.91 Å². The summed E-state index contributed by atoms with van der Waals surface area (Å²) < 4.78 is 5.20. The topological polar surface area (TPSA) is 62.5 Å². The van der Waals surface area contributed by atoms with E-state index >= 15 is 0 Å². The number of aryl methyl sites for hydroxylation is 1. The summed E-state index contributed by atoms with van der Waals surface area (Å²) in [6.45, 7) is 2.10. The van der Waals surface area contributed by atoms with Gasteiger partial charge in [0.2, 0.25) is 0 Å². The van der Waals surface area contributed by atoms with Gasteiger partial charge in [0.05, 0.1) is 5.60 Å². The van der Waals surface area contributed by atoms with Crippen molar-refractivity contribution >= 4 is 5.91 Å². The molecule has 1 aromatic heterocycles. The molecule has 0 spiro atoms. The molecule has 16 heavy (non-hydrogen) atoms. The van der Waals surface area contributed by atoms with Gasteiger partial charge in [0.1, 0.15) is 5.76 Å². The van der Waals surface area contributed by atoms with Crippen molar-refractivity contribution < 1.29 is 14.3 Å². The molecule has 1 amide bonds. The lowest BCUT2D eigenvalue weighted by atomic mass is 10.0. The quantitative estimate of drug-likeness (QED) is 0.818. The van der Waals surface area contributed by atoms with E-state index in [1.165, 1.54) is 0 Å². The van der Waals surface area contributed by atoms with Gasteiger partial charge in [0.25, 0.3) is 5.91 Å². The van der Waals surface area contributed by atoms with Crippen LogP contribution in [0.4, 0.5) is 0 Å². The molecule has 0 radical (unpaired) electrons. The molecule has 4 nitrogen and oxygen atoms in total. The van der Waals surface area contributed by atoms with E-state index in [1.54, 1.807) is 19.1 Å². The van der Waals surface area contributed by atoms with Gasteiger partial charge >= 0.3 is 0 Å². The highest BCUT2D eigenvalue weighted by molar-refractivity contribution is 5.91. The van der Waals surface area contributed by atoms with Gasteiger partial charge in [-0.05, 0) is 31.9 Å². The van der Waals surface area contributed by atoms with Gasteiger partial charge in [-0.1, -0.05) is 12.8 Å². The minimum absolute atomic E-state index is 0.256. The van der Waals surface area contributed by atoms with Crippen LogP contribution in [0.15, 0.2) is 16.5 Å². The Balaban J connectivity index is 1.88. The van der Waals surface area contributed by atoms with E-state index in [1.807, 2.05) is 0 Å². The van der Waals surface area contributed by atoms with Crippen LogP contribution in [0.3, 0.4) is 0 Å². The molecular weight excluding hydrogens is 206 g/mol. The minimum atomic E-state index is -0.711. The van der Waals surface area contributed by atoms with Crippen LogP contribution in [-0.2, 0) is 0 Å². The van der Waals surface area contributed by atoms with E-state index in [4.69, 9.17) is 4.42 Å². The first-order valence-corrected chi connectivity index (χ1v) is 5.66. The van der Waals surface area contributed by atoms with Gasteiger partial charge < -0.3 is 14.8 Å². The summed E-state index contributed by atoms with van der Waals surface area (Å²) in [6.07, 6.45) is 3.60. The summed E-state index contributed by atoms with van der Waals surface area (Å²) in [6, 6.07) is 3.39. The Labute approximate surface area is 94.6 Å². The van der Waals surface area contributed by atoms with Crippen LogP contribution in [0, 0.1) is 6.92 Å². The molecule has 1 fully saturated rings. The molecule has 4 heteroatoms. The summed E-state index contributed by atoms with van der Waals surface area (Å²) in [7, 11) is 0. The normalized spacial score (nSPS) is 18.6. The monoisotopic (exact) mass is 223 g/mol. The van der Waals surface area contributed by atoms with Crippen LogP contribution in [0.1, 0.15) is 42.0 Å². The molecule has 0 saturated heterocycles. The highest BCUT2D eigenvalue weighted by atomic mass is 16.3. The van der Waals surface area contributed by atoms with Gasteiger partial charge in [0, 0.05) is 6.54 Å². The minimum Gasteiger partial charge on any atom is -0.456 e. The maximum atomic E-state index is 11.6. The zero-order valence-corrected chi connectivity index (χ0v) is 9.45. The second-order valence-corrected chi connectivity index (χ2v) is 4.52. The fraction of sp³-hybridized carbons (Fsp3) is 0.583. The molecule has 0 bridgehead atoms. The third kappa shape index (κ3) is 2.44. The SMILES string of the molecule is Cc1ccc(C(=O)NCC2(O)CCCC2)o1. The van der Waals surface area contributed by atoms with Crippen molar-refractivity contribution in [2.24, 2.45) is 0 Å². The lowest BCUT2D eigenvalue weighted by Gasteiger charge is -2.21. The average Bonchev–Trinajstić information content (AvgIpc) is 2.85. The molecule has 2 rings (SSSR count). The molecule has 1 aliphatic rings. The first-order chi connectivity index (χ1) is 7.59. The van der Waals surface area contributed by atoms with E-state index in [9.17, 15) is 9.90 Å². The van der Waals surface area contributed by atoms with E-state index < -0.39 is 5.60 Å². The standard InChI is InChI=1S/C12H17NO3/c1-9-4-5-10(16-9)11(14)13-8-12(15)6-2-3-7-12/h4-5,15H,2-3,6-8H2,1H3,(H,13,14). The average molecular weight is 223 g/mol. The number of amides is 1. The molecular formula is C12H17NO3. The van der Waals surface area contributed by atoms with Crippen molar-refractivity contribution in [3.63, 3.8) is 0 Å². The number of hydrogen-bond donors (Lipinski definition) is 2. The maximum absolute atomic E-state index is 11.6. The highest BCUT2D eigenvalue weighted by Gasteiger charge is 2.31. The third-order valence-electron chi connectivity index (χ3n) is 3.08. The zero-order chi connectivity index (χ0) is 11.6. The molecule has 1 aliphatic carbocycles. The molecule has 1 aromatic rings. The van der Waals surface area contributed by atoms with Crippen molar-refractivity contribution in [1.82, 2.24) is 5.32 Å². The molecule has 0 aliphatic heterocycles. The molecule has 0 atom stereocenters. The lowest BCUT2D eigenvalue weighted by Crippen LogP contribution is -2.40. The predicted molar refractivity (Wildman–Crippen MR) is 59.2 cm³/mol. The summed E-state index contributed by atoms with van der Waals surface area (Å²) in [5, 5.41) is 12.8. The summed E-state index contributed by atoms with van der Waals surface area (Å²) in [5.41, 5.74) is -0.711. The van der Waals surface area contributed by atoms with Crippen molar-refractivity contribution in [1.29, 1.82) is 0 Å². The van der Waals surface area contributed by atoms with Crippen LogP contribution >= 0.6 is 0 Å². The Morgan fingerprint density at radius 2 is 2.19 bits per heavy atom. The predicted octanol–water partition coefficient (Wildman–Crippen LogP) is 1.62. The molecule has 1 saturated carbocycles. The summed E-state index contributed by atoms with van der Waals surface area (Å²) >= 11 is 0. The van der Waals surface area contributed by atoms with Crippen LogP contribution in [0.25, 0.3) is 0 Å². The largest absolute Gasteiger partial charge is 0.456 e. The Kier molecular flexibility index (Phi) is 3.01. The van der Waals surface area contributed by atoms with E-state index in [2.05, 4.69) is 5.32 Å². The van der Waals surface area contributed by atoms with E-state index in [0.717, 1.165) is 25.7 Å². The van der Waals surface area contributed by atoms with Gasteiger partial charge in [-0.3, -0.25) is 4.79 Å². The lowest BCUT2D eigenvalue weighted by molar-refractivity contribution is 0.0443. The van der Waals surface area contributed by atoms with Crippen LogP contribution in [-0.4, -0.2) is 23.2 Å². The van der Waals surface area contributed by atoms with Gasteiger partial charge in [0.15, 0.2) is 5.76 Å². The number of carbonyl (C=O) groups excluding carboxylic acids is 1. The van der Waals surface area contributed by atoms with Gasteiger partial charge in [-0.25, -0.2) is 0 Å². The van der Waals surface area contributed by atoms with Crippen LogP contribution < -0.4 is 5.32 Å². The Morgan fingerprint density at radius 1 is 1.50 bits per heavy atom. The van der Waals surface area contributed by atoms with Gasteiger partial charge in [-0.15, -0.1) is 0 Å². The van der Waals surface area contributed by atoms with E-state index in [0.29, 0.717) is 18.1 Å². The number of aliphatic hydroxyl groups is 1. The van der Waals surface area contributed by atoms with Gasteiger partial charge in [-0.2, -0.15) is 0 Å². The zero-order valence-electron chi connectivity index (χ0n) is 9.45. The molecule has 88 valence electrons. The fourth-order valence-electron chi connectivity index (χ4n) is 2.10. The molecule has 2 N–H and O–H groups in total. The van der Waals surface area contributed by atoms with Crippen molar-refractivity contribution in [2.45, 2.75) is 38.2 Å². The fourth-order valence-corrected chi connectivity index (χ4v) is 2.10. The molecule has 0 unspecified atom stereocenters. The first kappa shape index (κ1) is 11.2. The Hall–Kier alpha value is -1.29. The smallest absolute Gasteiger partial charge is 0.287 e. The number of nitrogens with one attached hydrogen (secondary N) is 1. The summed E-state index contributed by atoms with van der Waals surface area (Å²) in [4.78, 5) is 11.6. The number of rotatable bonds is 3. The number of furan rings is 1. The van der Waals surface area contributed by atoms with Crippen molar-refractivity contribution in [3.8, 4) is 0 Å². The number of carbonyl (C=O) groups is 1. The highest BCUT2D eigenvalue weighted by Crippen LogP contribution is 2.28. The third-order valence-corrected chi connectivity index (χ3v) is 3.08. The van der Waals surface area contributed by atoms with Crippen LogP contribution in [0.5, 0.6) is 0 Å². The molecule has 1 heterocycles. The number of hydrogen-bond acceptors (Lipinski definition) is 3.